The maximum Gasteiger partial charge on any atom is 0.262 e. The summed E-state index contributed by atoms with van der Waals surface area (Å²) in [5.74, 6) is 0.767. The van der Waals surface area contributed by atoms with Crippen molar-refractivity contribution in [3.63, 3.8) is 0 Å². The van der Waals surface area contributed by atoms with E-state index in [2.05, 4.69) is 22.4 Å². The molecule has 0 fully saturated rings. The van der Waals surface area contributed by atoms with Crippen LogP contribution in [0.2, 0.25) is 5.02 Å². The largest absolute Gasteiger partial charge is 0.484 e. The fourth-order valence-electron chi connectivity index (χ4n) is 2.43. The third-order valence-corrected chi connectivity index (χ3v) is 4.21. The molecule has 0 aliphatic carbocycles. The number of amides is 1. The molecule has 8 heteroatoms. The van der Waals surface area contributed by atoms with Crippen molar-refractivity contribution >= 4 is 23.2 Å². The van der Waals surface area contributed by atoms with Gasteiger partial charge in [0.2, 0.25) is 11.7 Å². The summed E-state index contributed by atoms with van der Waals surface area (Å²) in [6, 6.07) is 10.8. The lowest BCUT2D eigenvalue weighted by Crippen LogP contribution is -2.20. The third kappa shape index (κ3) is 5.29. The fraction of sp³-hybridized carbons (Fsp3) is 0.250. The van der Waals surface area contributed by atoms with Crippen LogP contribution in [-0.4, -0.2) is 22.7 Å². The number of halogens is 2. The lowest BCUT2D eigenvalue weighted by molar-refractivity contribution is -0.118. The number of hydrogen-bond donors (Lipinski definition) is 1. The van der Waals surface area contributed by atoms with Crippen LogP contribution in [0, 0.1) is 5.82 Å². The predicted octanol–water partition coefficient (Wildman–Crippen LogP) is 4.89. The number of hydrogen-bond acceptors (Lipinski definition) is 5. The van der Waals surface area contributed by atoms with E-state index in [0.717, 1.165) is 30.9 Å². The predicted molar refractivity (Wildman–Crippen MR) is 104 cm³/mol. The summed E-state index contributed by atoms with van der Waals surface area (Å²) in [6.45, 7) is 1.89. The maximum absolute atomic E-state index is 13.0. The number of unbranched alkanes of at least 4 members (excludes halogenated alkanes) is 1. The molecule has 0 unspecified atom stereocenters. The van der Waals surface area contributed by atoms with Crippen LogP contribution in [0.3, 0.4) is 0 Å². The Kier molecular flexibility index (Phi) is 6.60. The molecule has 0 radical (unpaired) electrons. The van der Waals surface area contributed by atoms with E-state index in [4.69, 9.17) is 20.9 Å². The summed E-state index contributed by atoms with van der Waals surface area (Å²) in [5, 5.41) is 6.67. The first-order chi connectivity index (χ1) is 13.5. The molecular weight excluding hydrogens is 385 g/mol. The van der Waals surface area contributed by atoms with E-state index >= 15 is 0 Å². The second-order valence-electron chi connectivity index (χ2n) is 6.10. The third-order valence-electron chi connectivity index (χ3n) is 3.90. The van der Waals surface area contributed by atoms with Crippen molar-refractivity contribution in [2.24, 2.45) is 0 Å². The normalized spacial score (nSPS) is 10.7. The van der Waals surface area contributed by atoms with Gasteiger partial charge < -0.3 is 14.6 Å². The second kappa shape index (κ2) is 9.32. The number of rotatable bonds is 8. The first-order valence-corrected chi connectivity index (χ1v) is 9.23. The van der Waals surface area contributed by atoms with Gasteiger partial charge >= 0.3 is 0 Å². The molecule has 3 rings (SSSR count). The fourth-order valence-corrected chi connectivity index (χ4v) is 2.64. The summed E-state index contributed by atoms with van der Waals surface area (Å²) in [5.41, 5.74) is 1.12. The highest BCUT2D eigenvalue weighted by Gasteiger charge is 2.10. The molecule has 0 bridgehead atoms. The van der Waals surface area contributed by atoms with Gasteiger partial charge in [-0.3, -0.25) is 4.79 Å². The van der Waals surface area contributed by atoms with E-state index in [1.165, 1.54) is 12.1 Å². The van der Waals surface area contributed by atoms with E-state index < -0.39 is 11.7 Å². The summed E-state index contributed by atoms with van der Waals surface area (Å²) in [7, 11) is 0. The minimum absolute atomic E-state index is 0.121. The van der Waals surface area contributed by atoms with Crippen molar-refractivity contribution in [1.82, 2.24) is 10.1 Å². The van der Waals surface area contributed by atoms with E-state index in [9.17, 15) is 9.18 Å². The number of nitrogens with one attached hydrogen (secondary N) is 1. The molecule has 28 heavy (non-hydrogen) atoms. The van der Waals surface area contributed by atoms with E-state index in [1.54, 1.807) is 24.3 Å². The number of anilines is 1. The van der Waals surface area contributed by atoms with Gasteiger partial charge in [0.15, 0.2) is 6.61 Å². The highest BCUT2D eigenvalue weighted by Crippen LogP contribution is 2.23. The number of carbonyl (C=O) groups excluding carboxylic acids is 1. The Labute approximate surface area is 166 Å². The zero-order chi connectivity index (χ0) is 19.9. The highest BCUT2D eigenvalue weighted by atomic mass is 35.5. The average Bonchev–Trinajstić information content (AvgIpc) is 3.16. The molecule has 0 saturated carbocycles. The molecule has 6 nitrogen and oxygen atoms in total. The van der Waals surface area contributed by atoms with Crippen LogP contribution in [-0.2, 0) is 11.2 Å². The Bertz CT molecular complexity index is 944. The molecule has 0 atom stereocenters. The summed E-state index contributed by atoms with van der Waals surface area (Å²) >= 11 is 5.88. The number of ether oxygens (including phenoxy) is 1. The van der Waals surface area contributed by atoms with Gasteiger partial charge in [0.1, 0.15) is 11.6 Å². The van der Waals surface area contributed by atoms with Gasteiger partial charge in [-0.1, -0.05) is 30.1 Å². The quantitative estimate of drug-likeness (QED) is 0.579. The van der Waals surface area contributed by atoms with Gasteiger partial charge in [0.05, 0.1) is 10.7 Å². The molecule has 3 aromatic rings. The molecule has 0 spiro atoms. The Balaban J connectivity index is 1.54. The van der Waals surface area contributed by atoms with E-state index in [1.807, 2.05) is 0 Å². The molecule has 1 N–H and O–H groups in total. The number of benzene rings is 2. The van der Waals surface area contributed by atoms with Gasteiger partial charge in [-0.25, -0.2) is 4.39 Å². The molecule has 0 aliphatic heterocycles. The molecule has 2 aromatic carbocycles. The molecule has 0 aliphatic rings. The highest BCUT2D eigenvalue weighted by molar-refractivity contribution is 6.33. The number of aromatic nitrogens is 2. The van der Waals surface area contributed by atoms with Gasteiger partial charge in [-0.15, -0.1) is 0 Å². The number of carbonyl (C=O) groups is 1. The van der Waals surface area contributed by atoms with Crippen molar-refractivity contribution in [2.45, 2.75) is 26.2 Å². The summed E-state index contributed by atoms with van der Waals surface area (Å²) in [6.07, 6.45) is 2.82. The Morgan fingerprint density at radius 3 is 2.75 bits per heavy atom. The lowest BCUT2D eigenvalue weighted by atomic mass is 10.2. The Hall–Kier alpha value is -2.93. The van der Waals surface area contributed by atoms with Gasteiger partial charge in [-0.05, 0) is 48.9 Å². The maximum atomic E-state index is 13.0. The van der Waals surface area contributed by atoms with Crippen molar-refractivity contribution in [2.75, 3.05) is 11.9 Å². The van der Waals surface area contributed by atoms with Crippen LogP contribution < -0.4 is 10.1 Å². The van der Waals surface area contributed by atoms with Crippen LogP contribution in [0.15, 0.2) is 47.0 Å². The van der Waals surface area contributed by atoms with Crippen LogP contribution in [0.4, 0.5) is 10.1 Å². The molecule has 1 aromatic heterocycles. The van der Waals surface area contributed by atoms with Crippen molar-refractivity contribution < 1.29 is 18.4 Å². The molecule has 1 heterocycles. The number of aryl methyl sites for hydroxylation is 1. The minimum Gasteiger partial charge on any atom is -0.484 e. The number of nitrogens with zero attached hydrogens (tertiary/aromatic N) is 2. The second-order valence-corrected chi connectivity index (χ2v) is 6.51. The van der Waals surface area contributed by atoms with Crippen LogP contribution in [0.1, 0.15) is 25.7 Å². The first-order valence-electron chi connectivity index (χ1n) is 8.86. The smallest absolute Gasteiger partial charge is 0.262 e. The minimum atomic E-state index is -0.474. The van der Waals surface area contributed by atoms with Crippen LogP contribution >= 0.6 is 11.6 Å². The monoisotopic (exact) mass is 403 g/mol. The van der Waals surface area contributed by atoms with Crippen molar-refractivity contribution in [1.29, 1.82) is 0 Å². The lowest BCUT2D eigenvalue weighted by Gasteiger charge is -2.09. The summed E-state index contributed by atoms with van der Waals surface area (Å²) in [4.78, 5) is 16.3. The van der Waals surface area contributed by atoms with Gasteiger partial charge in [0, 0.05) is 12.0 Å². The summed E-state index contributed by atoms with van der Waals surface area (Å²) < 4.78 is 23.7. The van der Waals surface area contributed by atoms with Crippen LogP contribution in [0.25, 0.3) is 11.4 Å². The molecule has 146 valence electrons. The zero-order valence-electron chi connectivity index (χ0n) is 15.2. The average molecular weight is 404 g/mol. The zero-order valence-corrected chi connectivity index (χ0v) is 16.0. The van der Waals surface area contributed by atoms with Crippen molar-refractivity contribution in [3.05, 3.63) is 59.2 Å². The van der Waals surface area contributed by atoms with Crippen LogP contribution in [0.5, 0.6) is 5.75 Å². The standard InChI is InChI=1S/C20H19ClFN3O3/c1-2-3-4-19-24-20(25-28-19)13-5-8-15(9-6-13)27-12-18(26)23-17-10-7-14(22)11-16(17)21/h5-11H,2-4,12H2,1H3,(H,23,26). The Morgan fingerprint density at radius 2 is 2.04 bits per heavy atom. The molecule has 0 saturated heterocycles. The molecule has 1 amide bonds. The molecular formula is C20H19ClFN3O3. The topological polar surface area (TPSA) is 77.2 Å². The van der Waals surface area contributed by atoms with E-state index in [-0.39, 0.29) is 11.6 Å². The SMILES string of the molecule is CCCCc1nc(-c2ccc(OCC(=O)Nc3ccc(F)cc3Cl)cc2)no1. The first kappa shape index (κ1) is 19.8. The Morgan fingerprint density at radius 1 is 1.25 bits per heavy atom. The van der Waals surface area contributed by atoms with Crippen molar-refractivity contribution in [3.8, 4) is 17.1 Å². The van der Waals surface area contributed by atoms with Gasteiger partial charge in [-0.2, -0.15) is 4.98 Å². The van der Waals surface area contributed by atoms with Gasteiger partial charge in [0.25, 0.3) is 5.91 Å². The van der Waals surface area contributed by atoms with E-state index in [0.29, 0.717) is 23.2 Å².